The van der Waals surface area contributed by atoms with E-state index in [1.54, 1.807) is 6.20 Å². The Bertz CT molecular complexity index is 903. The van der Waals surface area contributed by atoms with Crippen LogP contribution >= 0.6 is 0 Å². The van der Waals surface area contributed by atoms with Crippen molar-refractivity contribution in [3.05, 3.63) is 54.0 Å². The minimum atomic E-state index is -0.818. The van der Waals surface area contributed by atoms with E-state index in [1.165, 1.54) is 12.3 Å². The summed E-state index contributed by atoms with van der Waals surface area (Å²) in [5, 5.41) is 22.2. The number of nitrogens with zero attached hydrogens (tertiary/aromatic N) is 3. The second kappa shape index (κ2) is 6.62. The minimum absolute atomic E-state index is 0.218. The molecule has 25 heavy (non-hydrogen) atoms. The number of carbonyl (C=O) groups excluding carboxylic acids is 1. The number of oxazole rings is 1. The van der Waals surface area contributed by atoms with Crippen molar-refractivity contribution in [3.8, 4) is 17.1 Å². The summed E-state index contributed by atoms with van der Waals surface area (Å²) < 4.78 is 5.62. The molecule has 2 heterocycles. The SMILES string of the molecule is Cc1ccc(-c2cnc(Nc3cnc(C(=O)N(C)O)c(O)c3)o2)cc1. The zero-order valence-corrected chi connectivity index (χ0v) is 13.6. The van der Waals surface area contributed by atoms with Crippen molar-refractivity contribution in [2.24, 2.45) is 0 Å². The first kappa shape index (κ1) is 16.5. The van der Waals surface area contributed by atoms with Crippen molar-refractivity contribution < 1.29 is 19.5 Å². The molecule has 0 spiro atoms. The van der Waals surface area contributed by atoms with Gasteiger partial charge in [-0.05, 0) is 6.92 Å². The molecular weight excluding hydrogens is 324 g/mol. The van der Waals surface area contributed by atoms with Gasteiger partial charge in [-0.15, -0.1) is 0 Å². The maximum atomic E-state index is 11.6. The molecule has 0 radical (unpaired) electrons. The largest absolute Gasteiger partial charge is 0.505 e. The molecule has 0 fully saturated rings. The van der Waals surface area contributed by atoms with Gasteiger partial charge in [0, 0.05) is 18.7 Å². The number of hydroxylamine groups is 2. The number of rotatable bonds is 4. The molecular formula is C17H16N4O4. The fourth-order valence-electron chi connectivity index (χ4n) is 2.15. The summed E-state index contributed by atoms with van der Waals surface area (Å²) in [6, 6.07) is 9.31. The highest BCUT2D eigenvalue weighted by Crippen LogP contribution is 2.26. The average molecular weight is 340 g/mol. The smallest absolute Gasteiger partial charge is 0.299 e. The van der Waals surface area contributed by atoms with Crippen LogP contribution in [0.15, 0.2) is 47.1 Å². The van der Waals surface area contributed by atoms with E-state index in [1.807, 2.05) is 31.2 Å². The fourth-order valence-corrected chi connectivity index (χ4v) is 2.15. The van der Waals surface area contributed by atoms with Gasteiger partial charge in [0.25, 0.3) is 11.9 Å². The van der Waals surface area contributed by atoms with Gasteiger partial charge in [0.15, 0.2) is 11.5 Å². The lowest BCUT2D eigenvalue weighted by molar-refractivity contribution is -0.0381. The quantitative estimate of drug-likeness (QED) is 0.494. The van der Waals surface area contributed by atoms with E-state index in [0.29, 0.717) is 16.5 Å². The summed E-state index contributed by atoms with van der Waals surface area (Å²) in [4.78, 5) is 19.6. The van der Waals surface area contributed by atoms with Gasteiger partial charge in [-0.3, -0.25) is 10.0 Å². The van der Waals surface area contributed by atoms with Gasteiger partial charge in [-0.1, -0.05) is 29.8 Å². The lowest BCUT2D eigenvalue weighted by Crippen LogP contribution is -2.23. The lowest BCUT2D eigenvalue weighted by atomic mass is 10.1. The van der Waals surface area contributed by atoms with Crippen molar-refractivity contribution in [3.63, 3.8) is 0 Å². The second-order valence-corrected chi connectivity index (χ2v) is 5.44. The number of aromatic nitrogens is 2. The molecule has 3 rings (SSSR count). The maximum absolute atomic E-state index is 11.6. The van der Waals surface area contributed by atoms with Crippen molar-refractivity contribution in [1.29, 1.82) is 0 Å². The Kier molecular flexibility index (Phi) is 4.36. The third-order valence-electron chi connectivity index (χ3n) is 3.46. The number of aryl methyl sites for hydroxylation is 1. The van der Waals surface area contributed by atoms with Crippen LogP contribution in [0.5, 0.6) is 5.75 Å². The lowest BCUT2D eigenvalue weighted by Gasteiger charge is -2.09. The van der Waals surface area contributed by atoms with E-state index in [9.17, 15) is 9.90 Å². The zero-order valence-electron chi connectivity index (χ0n) is 13.6. The second-order valence-electron chi connectivity index (χ2n) is 5.44. The minimum Gasteiger partial charge on any atom is -0.505 e. The molecule has 0 saturated carbocycles. The van der Waals surface area contributed by atoms with Crippen molar-refractivity contribution in [2.45, 2.75) is 6.92 Å². The standard InChI is InChI=1S/C17H16N4O4/c1-10-3-5-11(6-4-10)14-9-19-17(25-14)20-12-7-13(22)15(18-8-12)16(23)21(2)24/h3-9,22,24H,1-2H3,(H,19,20). The van der Waals surface area contributed by atoms with Crippen molar-refractivity contribution >= 4 is 17.6 Å². The molecule has 3 N–H and O–H groups in total. The molecule has 8 heteroatoms. The van der Waals surface area contributed by atoms with Gasteiger partial charge in [-0.25, -0.2) is 15.0 Å². The van der Waals surface area contributed by atoms with Crippen LogP contribution in [-0.2, 0) is 0 Å². The van der Waals surface area contributed by atoms with E-state index in [2.05, 4.69) is 15.3 Å². The molecule has 8 nitrogen and oxygen atoms in total. The van der Waals surface area contributed by atoms with Crippen molar-refractivity contribution in [2.75, 3.05) is 12.4 Å². The van der Waals surface area contributed by atoms with E-state index in [-0.39, 0.29) is 17.5 Å². The van der Waals surface area contributed by atoms with E-state index in [0.717, 1.165) is 18.2 Å². The summed E-state index contributed by atoms with van der Waals surface area (Å²) in [5.41, 5.74) is 2.15. The molecule has 1 amide bonds. The first-order valence-corrected chi connectivity index (χ1v) is 7.40. The number of amides is 1. The highest BCUT2D eigenvalue weighted by molar-refractivity contribution is 5.94. The van der Waals surface area contributed by atoms with Crippen LogP contribution in [0.4, 0.5) is 11.7 Å². The first-order valence-electron chi connectivity index (χ1n) is 7.40. The Morgan fingerprint density at radius 3 is 2.56 bits per heavy atom. The molecule has 0 saturated heterocycles. The molecule has 0 aliphatic heterocycles. The summed E-state index contributed by atoms with van der Waals surface area (Å²) in [5.74, 6) is -0.601. The monoisotopic (exact) mass is 340 g/mol. The number of pyridine rings is 1. The van der Waals surface area contributed by atoms with Gasteiger partial charge in [-0.2, -0.15) is 0 Å². The highest BCUT2D eigenvalue weighted by atomic mass is 16.5. The normalized spacial score (nSPS) is 10.5. The number of nitrogens with one attached hydrogen (secondary N) is 1. The Morgan fingerprint density at radius 1 is 1.20 bits per heavy atom. The van der Waals surface area contributed by atoms with Crippen LogP contribution in [0.25, 0.3) is 11.3 Å². The number of anilines is 2. The number of benzene rings is 1. The first-order chi connectivity index (χ1) is 11.9. The van der Waals surface area contributed by atoms with E-state index >= 15 is 0 Å². The third kappa shape index (κ3) is 3.59. The summed E-state index contributed by atoms with van der Waals surface area (Å²) in [6.45, 7) is 2.00. The molecule has 2 aromatic heterocycles. The van der Waals surface area contributed by atoms with Crippen LogP contribution in [0.2, 0.25) is 0 Å². The van der Waals surface area contributed by atoms with Gasteiger partial charge in [0.1, 0.15) is 5.75 Å². The predicted octanol–water partition coefficient (Wildman–Crippen LogP) is 2.96. The topological polar surface area (TPSA) is 112 Å². The summed E-state index contributed by atoms with van der Waals surface area (Å²) in [7, 11) is 1.15. The summed E-state index contributed by atoms with van der Waals surface area (Å²) >= 11 is 0. The summed E-state index contributed by atoms with van der Waals surface area (Å²) in [6.07, 6.45) is 2.91. The van der Waals surface area contributed by atoms with E-state index in [4.69, 9.17) is 9.62 Å². The Morgan fingerprint density at radius 2 is 1.92 bits per heavy atom. The van der Waals surface area contributed by atoms with E-state index < -0.39 is 5.91 Å². The molecule has 3 aromatic rings. The Balaban J connectivity index is 1.78. The average Bonchev–Trinajstić information content (AvgIpc) is 3.03. The molecule has 1 aromatic carbocycles. The van der Waals surface area contributed by atoms with Gasteiger partial charge < -0.3 is 14.8 Å². The zero-order chi connectivity index (χ0) is 18.0. The van der Waals surface area contributed by atoms with Crippen LogP contribution in [0.3, 0.4) is 0 Å². The number of aromatic hydroxyl groups is 1. The van der Waals surface area contributed by atoms with Crippen molar-refractivity contribution in [1.82, 2.24) is 15.0 Å². The van der Waals surface area contributed by atoms with Crippen LogP contribution in [-0.4, -0.2) is 38.3 Å². The Hall–Kier alpha value is -3.39. The predicted molar refractivity (Wildman–Crippen MR) is 89.7 cm³/mol. The molecule has 0 unspecified atom stereocenters. The highest BCUT2D eigenvalue weighted by Gasteiger charge is 2.17. The van der Waals surface area contributed by atoms with Gasteiger partial charge >= 0.3 is 0 Å². The van der Waals surface area contributed by atoms with Crippen LogP contribution in [0, 0.1) is 6.92 Å². The Labute approximate surface area is 143 Å². The van der Waals surface area contributed by atoms with Crippen LogP contribution in [0.1, 0.15) is 16.1 Å². The molecule has 128 valence electrons. The number of hydrogen-bond acceptors (Lipinski definition) is 7. The fraction of sp³-hybridized carbons (Fsp3) is 0.118. The molecule has 0 aliphatic carbocycles. The maximum Gasteiger partial charge on any atom is 0.299 e. The molecule has 0 atom stereocenters. The molecule has 0 bridgehead atoms. The number of hydrogen-bond donors (Lipinski definition) is 3. The third-order valence-corrected chi connectivity index (χ3v) is 3.46. The molecule has 0 aliphatic rings. The van der Waals surface area contributed by atoms with Gasteiger partial charge in [0.2, 0.25) is 0 Å². The van der Waals surface area contributed by atoms with Gasteiger partial charge in [0.05, 0.1) is 18.1 Å². The number of carbonyl (C=O) groups is 1. The van der Waals surface area contributed by atoms with Crippen LogP contribution < -0.4 is 5.32 Å².